The van der Waals surface area contributed by atoms with Gasteiger partial charge < -0.3 is 5.32 Å². The summed E-state index contributed by atoms with van der Waals surface area (Å²) < 4.78 is 0. The highest BCUT2D eigenvalue weighted by Gasteiger charge is 2.16. The number of likely N-dealkylation sites (N-methyl/N-ethyl adjacent to an activating group) is 2. The molecule has 14 heavy (non-hydrogen) atoms. The smallest absolute Gasteiger partial charge is 0.0217 e. The molecule has 3 heteroatoms. The zero-order valence-corrected chi connectivity index (χ0v) is 11.2. The van der Waals surface area contributed by atoms with Crippen molar-refractivity contribution in [2.75, 3.05) is 32.6 Å². The van der Waals surface area contributed by atoms with Gasteiger partial charge in [0.15, 0.2) is 0 Å². The Bertz CT molecular complexity index is 130. The van der Waals surface area contributed by atoms with Crippen molar-refractivity contribution < 1.29 is 0 Å². The Morgan fingerprint density at radius 1 is 1.43 bits per heavy atom. The number of rotatable bonds is 8. The van der Waals surface area contributed by atoms with E-state index >= 15 is 0 Å². The van der Waals surface area contributed by atoms with Crippen LogP contribution in [0.4, 0.5) is 0 Å². The fraction of sp³-hybridized carbons (Fsp3) is 1.00. The first-order valence-electron chi connectivity index (χ1n) is 5.52. The second-order valence-electron chi connectivity index (χ2n) is 3.92. The number of nitrogens with zero attached hydrogens (tertiary/aromatic N) is 1. The van der Waals surface area contributed by atoms with Crippen LogP contribution < -0.4 is 5.32 Å². The molecule has 2 nitrogen and oxygen atoms in total. The van der Waals surface area contributed by atoms with E-state index in [1.165, 1.54) is 18.6 Å². The van der Waals surface area contributed by atoms with E-state index in [0.29, 0.717) is 12.1 Å². The average Bonchev–Trinajstić information content (AvgIpc) is 2.21. The van der Waals surface area contributed by atoms with Gasteiger partial charge in [-0.2, -0.15) is 11.8 Å². The lowest BCUT2D eigenvalue weighted by atomic mass is 10.1. The van der Waals surface area contributed by atoms with Crippen molar-refractivity contribution in [3.8, 4) is 0 Å². The van der Waals surface area contributed by atoms with Gasteiger partial charge in [0.1, 0.15) is 0 Å². The highest BCUT2D eigenvalue weighted by molar-refractivity contribution is 7.98. The van der Waals surface area contributed by atoms with Gasteiger partial charge in [-0.3, -0.25) is 4.90 Å². The molecule has 0 heterocycles. The Kier molecular flexibility index (Phi) is 8.73. The summed E-state index contributed by atoms with van der Waals surface area (Å²) in [6, 6.07) is 1.37. The molecule has 0 saturated heterocycles. The van der Waals surface area contributed by atoms with Crippen LogP contribution in [0, 0.1) is 0 Å². The van der Waals surface area contributed by atoms with Crippen molar-refractivity contribution in [1.82, 2.24) is 10.2 Å². The van der Waals surface area contributed by atoms with E-state index in [1.807, 2.05) is 18.8 Å². The maximum Gasteiger partial charge on any atom is 0.0217 e. The van der Waals surface area contributed by atoms with E-state index in [-0.39, 0.29) is 0 Å². The fourth-order valence-electron chi connectivity index (χ4n) is 1.66. The lowest BCUT2D eigenvalue weighted by Gasteiger charge is -2.32. The first kappa shape index (κ1) is 14.3. The molecule has 86 valence electrons. The van der Waals surface area contributed by atoms with E-state index in [4.69, 9.17) is 0 Å². The van der Waals surface area contributed by atoms with Gasteiger partial charge in [-0.1, -0.05) is 6.92 Å². The lowest BCUT2D eigenvalue weighted by Crippen LogP contribution is -2.43. The van der Waals surface area contributed by atoms with Crippen LogP contribution in [0.1, 0.15) is 26.7 Å². The molecule has 2 atom stereocenters. The minimum atomic E-state index is 0.678. The van der Waals surface area contributed by atoms with Crippen molar-refractivity contribution in [2.24, 2.45) is 0 Å². The van der Waals surface area contributed by atoms with Gasteiger partial charge in [0, 0.05) is 18.6 Å². The van der Waals surface area contributed by atoms with Gasteiger partial charge >= 0.3 is 0 Å². The van der Waals surface area contributed by atoms with Crippen LogP contribution in [0.2, 0.25) is 0 Å². The van der Waals surface area contributed by atoms with Crippen molar-refractivity contribution >= 4 is 11.8 Å². The van der Waals surface area contributed by atoms with Crippen LogP contribution in [0.5, 0.6) is 0 Å². The Morgan fingerprint density at radius 2 is 2.07 bits per heavy atom. The molecule has 0 spiro atoms. The fourth-order valence-corrected chi connectivity index (χ4v) is 2.24. The first-order valence-corrected chi connectivity index (χ1v) is 6.92. The van der Waals surface area contributed by atoms with Crippen LogP contribution in [-0.2, 0) is 0 Å². The zero-order valence-electron chi connectivity index (χ0n) is 10.3. The van der Waals surface area contributed by atoms with Gasteiger partial charge in [-0.25, -0.2) is 0 Å². The van der Waals surface area contributed by atoms with Gasteiger partial charge in [-0.15, -0.1) is 0 Å². The molecule has 0 bridgehead atoms. The van der Waals surface area contributed by atoms with Crippen LogP contribution in [0.15, 0.2) is 0 Å². The largest absolute Gasteiger partial charge is 0.318 e. The summed E-state index contributed by atoms with van der Waals surface area (Å²) in [4.78, 5) is 2.51. The van der Waals surface area contributed by atoms with Crippen molar-refractivity contribution in [3.05, 3.63) is 0 Å². The van der Waals surface area contributed by atoms with Crippen molar-refractivity contribution in [1.29, 1.82) is 0 Å². The Morgan fingerprint density at radius 3 is 2.50 bits per heavy atom. The molecule has 0 radical (unpaired) electrons. The molecular weight excluding hydrogens is 192 g/mol. The third-order valence-electron chi connectivity index (χ3n) is 2.92. The quantitative estimate of drug-likeness (QED) is 0.671. The molecule has 0 amide bonds. The maximum atomic E-state index is 3.26. The summed E-state index contributed by atoms with van der Waals surface area (Å²) in [5, 5.41) is 3.26. The Balaban J connectivity index is 3.91. The molecule has 0 rings (SSSR count). The molecule has 0 aliphatic heterocycles. The van der Waals surface area contributed by atoms with Crippen LogP contribution in [-0.4, -0.2) is 49.6 Å². The molecule has 0 fully saturated rings. The summed E-state index contributed by atoms with van der Waals surface area (Å²) in [5.41, 5.74) is 0. The van der Waals surface area contributed by atoms with Gasteiger partial charge in [0.25, 0.3) is 0 Å². The molecule has 0 aromatic heterocycles. The van der Waals surface area contributed by atoms with Crippen molar-refractivity contribution in [2.45, 2.75) is 38.8 Å². The van der Waals surface area contributed by atoms with E-state index in [0.717, 1.165) is 6.54 Å². The highest BCUT2D eigenvalue weighted by atomic mass is 32.2. The van der Waals surface area contributed by atoms with Crippen molar-refractivity contribution in [3.63, 3.8) is 0 Å². The monoisotopic (exact) mass is 218 g/mol. The van der Waals surface area contributed by atoms with E-state index in [2.05, 4.69) is 37.4 Å². The molecule has 0 aliphatic carbocycles. The summed E-state index contributed by atoms with van der Waals surface area (Å²) in [7, 11) is 4.28. The first-order chi connectivity index (χ1) is 6.67. The molecule has 1 N–H and O–H groups in total. The topological polar surface area (TPSA) is 15.3 Å². The minimum Gasteiger partial charge on any atom is -0.318 e. The normalized spacial score (nSPS) is 15.9. The standard InChI is InChI=1S/C11H26N2S/c1-6-11(9-12-3)13(4)10(2)7-8-14-5/h10-12H,6-9H2,1-5H3. The summed E-state index contributed by atoms with van der Waals surface area (Å²) in [6.07, 6.45) is 4.69. The minimum absolute atomic E-state index is 0.678. The summed E-state index contributed by atoms with van der Waals surface area (Å²) in [5.74, 6) is 1.27. The summed E-state index contributed by atoms with van der Waals surface area (Å²) in [6.45, 7) is 5.69. The van der Waals surface area contributed by atoms with Crippen LogP contribution in [0.25, 0.3) is 0 Å². The third-order valence-corrected chi connectivity index (χ3v) is 3.57. The van der Waals surface area contributed by atoms with Gasteiger partial charge in [0.05, 0.1) is 0 Å². The van der Waals surface area contributed by atoms with Crippen LogP contribution in [0.3, 0.4) is 0 Å². The number of thioether (sulfide) groups is 1. The Hall–Kier alpha value is 0.270. The SMILES string of the molecule is CCC(CNC)N(C)C(C)CCSC. The second-order valence-corrected chi connectivity index (χ2v) is 4.90. The van der Waals surface area contributed by atoms with E-state index < -0.39 is 0 Å². The lowest BCUT2D eigenvalue weighted by molar-refractivity contribution is 0.174. The molecule has 0 aromatic carbocycles. The number of hydrogen-bond acceptors (Lipinski definition) is 3. The molecule has 0 aliphatic rings. The average molecular weight is 218 g/mol. The maximum absolute atomic E-state index is 3.26. The number of hydrogen-bond donors (Lipinski definition) is 1. The molecule has 2 unspecified atom stereocenters. The molecular formula is C11H26N2S. The van der Waals surface area contributed by atoms with Gasteiger partial charge in [-0.05, 0) is 45.9 Å². The summed E-state index contributed by atoms with van der Waals surface area (Å²) >= 11 is 1.94. The highest BCUT2D eigenvalue weighted by Crippen LogP contribution is 2.11. The Labute approximate surface area is 93.8 Å². The van der Waals surface area contributed by atoms with Gasteiger partial charge in [0.2, 0.25) is 0 Å². The third kappa shape index (κ3) is 5.23. The second kappa shape index (κ2) is 8.57. The molecule has 0 saturated carbocycles. The predicted octanol–water partition coefficient (Wildman–Crippen LogP) is 2.06. The zero-order chi connectivity index (χ0) is 11.0. The van der Waals surface area contributed by atoms with Crippen LogP contribution >= 0.6 is 11.8 Å². The number of nitrogens with one attached hydrogen (secondary N) is 1. The van der Waals surface area contributed by atoms with E-state index in [1.54, 1.807) is 0 Å². The van der Waals surface area contributed by atoms with E-state index in [9.17, 15) is 0 Å². The molecule has 0 aromatic rings. The predicted molar refractivity (Wildman–Crippen MR) is 68.2 cm³/mol.